The highest BCUT2D eigenvalue weighted by Crippen LogP contribution is 2.35. The van der Waals surface area contributed by atoms with Crippen molar-refractivity contribution < 1.29 is 52.5 Å². The SMILES string of the molecule is Cc1ncc(-c2ccc3nc(NC(=O)CCOCCOCCC(=O)N[C@H]4C[C@@H](C(=O)N[C@@H]5CCCc6ccccc65)N(C(=O)[C@@H](NC(=O)[C@H](C)N(C)C(=O)OC(C)(C)C)C5CCCCC5)C4)sc3c2)cc1NC(=O)OC1CCCCC1. The van der Waals surface area contributed by atoms with E-state index in [-0.39, 0.29) is 88.0 Å². The minimum absolute atomic E-state index is 0.0208. The Kier molecular flexibility index (Phi) is 21.1. The fourth-order valence-electron chi connectivity index (χ4n) is 11.2. The summed E-state index contributed by atoms with van der Waals surface area (Å²) in [6, 6.07) is 12.1. The molecule has 0 unspecified atom stereocenters. The second kappa shape index (κ2) is 28.3. The normalized spacial score (nSPS) is 19.4. The third-order valence-corrected chi connectivity index (χ3v) is 16.6. The van der Waals surface area contributed by atoms with Crippen LogP contribution in [0.4, 0.5) is 20.4 Å². The molecule has 2 saturated carbocycles. The van der Waals surface area contributed by atoms with Crippen molar-refractivity contribution >= 4 is 74.1 Å². The number of nitrogens with zero attached hydrogens (tertiary/aromatic N) is 4. The van der Waals surface area contributed by atoms with E-state index in [4.69, 9.17) is 18.9 Å². The molecule has 5 atom stereocenters. The number of amides is 7. The minimum atomic E-state index is -0.960. The van der Waals surface area contributed by atoms with Crippen LogP contribution in [0.25, 0.3) is 21.3 Å². The first-order chi connectivity index (χ1) is 38.9. The largest absolute Gasteiger partial charge is 0.446 e. The van der Waals surface area contributed by atoms with Crippen LogP contribution in [0.2, 0.25) is 0 Å². The molecule has 1 aliphatic heterocycles. The molecule has 1 saturated heterocycles. The zero-order valence-electron chi connectivity index (χ0n) is 47.8. The average Bonchev–Trinajstić information content (AvgIpc) is 4.07. The van der Waals surface area contributed by atoms with Gasteiger partial charge in [-0.1, -0.05) is 67.4 Å². The molecule has 3 heterocycles. The van der Waals surface area contributed by atoms with Gasteiger partial charge in [0.05, 0.1) is 60.5 Å². The molecule has 4 aliphatic rings. The van der Waals surface area contributed by atoms with Crippen LogP contribution in [0, 0.1) is 12.8 Å². The summed E-state index contributed by atoms with van der Waals surface area (Å²) in [6.45, 7) is 9.33. The third-order valence-electron chi connectivity index (χ3n) is 15.7. The highest BCUT2D eigenvalue weighted by Gasteiger charge is 2.45. The number of carbonyl (C=O) groups is 7. The summed E-state index contributed by atoms with van der Waals surface area (Å²) in [4.78, 5) is 107. The highest BCUT2D eigenvalue weighted by atomic mass is 32.1. The molecule has 20 nitrogen and oxygen atoms in total. The second-order valence-electron chi connectivity index (χ2n) is 22.9. The maximum absolute atomic E-state index is 15.0. The van der Waals surface area contributed by atoms with Gasteiger partial charge < -0.3 is 45.1 Å². The van der Waals surface area contributed by atoms with Crippen LogP contribution in [0.1, 0.15) is 147 Å². The monoisotopic (exact) mass is 1140 g/mol. The molecule has 2 aromatic carbocycles. The number of likely N-dealkylation sites (tertiary alicyclic amines) is 1. The zero-order chi connectivity index (χ0) is 57.6. The van der Waals surface area contributed by atoms with Gasteiger partial charge in [0.2, 0.25) is 29.5 Å². The van der Waals surface area contributed by atoms with Crippen LogP contribution >= 0.6 is 11.3 Å². The van der Waals surface area contributed by atoms with Gasteiger partial charge >= 0.3 is 12.2 Å². The zero-order valence-corrected chi connectivity index (χ0v) is 48.6. The second-order valence-corrected chi connectivity index (χ2v) is 24.0. The topological polar surface area (TPSA) is 249 Å². The summed E-state index contributed by atoms with van der Waals surface area (Å²) in [5.74, 6) is -1.99. The van der Waals surface area contributed by atoms with Crippen molar-refractivity contribution in [2.75, 3.05) is 50.7 Å². The molecule has 2 aromatic heterocycles. The maximum atomic E-state index is 15.0. The molecule has 0 radical (unpaired) electrons. The van der Waals surface area contributed by atoms with Gasteiger partial charge in [-0.3, -0.25) is 39.2 Å². The van der Waals surface area contributed by atoms with Crippen molar-refractivity contribution in [3.63, 3.8) is 0 Å². The number of aromatic nitrogens is 2. The molecule has 81 heavy (non-hydrogen) atoms. The molecule has 0 spiro atoms. The molecule has 8 rings (SSSR count). The summed E-state index contributed by atoms with van der Waals surface area (Å²) < 4.78 is 23.4. The molecular weight excluding hydrogens is 1050 g/mol. The smallest absolute Gasteiger partial charge is 0.411 e. The summed E-state index contributed by atoms with van der Waals surface area (Å²) in [6.07, 6.45) is 12.7. The molecule has 438 valence electrons. The number of likely N-dealkylation sites (N-methyl/N-ethyl adjacent to an activating group) is 1. The molecule has 5 N–H and O–H groups in total. The highest BCUT2D eigenvalue weighted by molar-refractivity contribution is 7.22. The average molecular weight is 1140 g/mol. The number of anilines is 2. The molecule has 21 heteroatoms. The van der Waals surface area contributed by atoms with E-state index in [2.05, 4.69) is 42.6 Å². The van der Waals surface area contributed by atoms with E-state index >= 15 is 0 Å². The van der Waals surface area contributed by atoms with Gasteiger partial charge in [-0.25, -0.2) is 14.6 Å². The number of nitrogens with one attached hydrogen (secondary N) is 5. The lowest BCUT2D eigenvalue weighted by atomic mass is 9.83. The van der Waals surface area contributed by atoms with Crippen LogP contribution in [0.3, 0.4) is 0 Å². The van der Waals surface area contributed by atoms with E-state index in [1.807, 2.05) is 49.4 Å². The number of thiazole rings is 1. The van der Waals surface area contributed by atoms with E-state index in [9.17, 15) is 33.6 Å². The number of benzene rings is 2. The van der Waals surface area contributed by atoms with Crippen molar-refractivity contribution in [2.24, 2.45) is 5.92 Å². The van der Waals surface area contributed by atoms with E-state index in [1.54, 1.807) is 33.9 Å². The van der Waals surface area contributed by atoms with Crippen molar-refractivity contribution in [1.29, 1.82) is 0 Å². The predicted molar refractivity (Wildman–Crippen MR) is 308 cm³/mol. The standard InChI is InChI=1S/C60H81N9O11S/c1-37-48(65-58(75)79-44-20-11-8-12-21-44)32-42(35-61-37)41-24-25-47-50(33-41)81-57(64-47)66-52(71)27-29-78-31-30-77-28-26-51(70)62-43-34-49(55(73)63-46-23-15-19-39-16-13-14-22-45(39)46)69(36-43)56(74)53(40-17-9-7-10-18-40)67-54(72)38(2)68(6)59(76)80-60(3,4)5/h13-14,16,22,24-25,32-33,35,38,40,43-44,46,49,53H,7-12,15,17-21,23,26-31,34,36H2,1-6H3,(H,62,70)(H,63,73)(H,65,75)(H,67,72)(H,64,66,71)/t38-,43-,46+,49-,53-/m0/s1. The fourth-order valence-corrected chi connectivity index (χ4v) is 12.1. The Hall–Kier alpha value is -6.71. The van der Waals surface area contributed by atoms with Crippen LogP contribution in [-0.2, 0) is 49.3 Å². The van der Waals surface area contributed by atoms with E-state index in [1.165, 1.54) is 40.2 Å². The van der Waals surface area contributed by atoms with E-state index in [0.717, 1.165) is 91.1 Å². The lowest BCUT2D eigenvalue weighted by molar-refractivity contribution is -0.143. The van der Waals surface area contributed by atoms with Crippen molar-refractivity contribution in [2.45, 2.75) is 179 Å². The fraction of sp³-hybridized carbons (Fsp3) is 0.583. The number of hydrogen-bond donors (Lipinski definition) is 5. The van der Waals surface area contributed by atoms with Gasteiger partial charge in [0.1, 0.15) is 29.8 Å². The molecule has 4 aromatic rings. The molecule has 0 bridgehead atoms. The number of aryl methyl sites for hydroxylation is 2. The van der Waals surface area contributed by atoms with Gasteiger partial charge in [0.15, 0.2) is 5.13 Å². The first-order valence-corrected chi connectivity index (χ1v) is 29.8. The van der Waals surface area contributed by atoms with Gasteiger partial charge in [0.25, 0.3) is 0 Å². The van der Waals surface area contributed by atoms with Crippen molar-refractivity contribution in [1.82, 2.24) is 35.7 Å². The van der Waals surface area contributed by atoms with Crippen LogP contribution in [0.15, 0.2) is 54.7 Å². The van der Waals surface area contributed by atoms with Crippen molar-refractivity contribution in [3.8, 4) is 11.1 Å². The van der Waals surface area contributed by atoms with Crippen molar-refractivity contribution in [3.05, 3.63) is 71.5 Å². The van der Waals surface area contributed by atoms with Gasteiger partial charge in [-0.2, -0.15) is 0 Å². The minimum Gasteiger partial charge on any atom is -0.446 e. The number of fused-ring (bicyclic) bond motifs is 2. The number of ether oxygens (including phenoxy) is 4. The molecule has 7 amide bonds. The number of carbonyl (C=O) groups excluding carboxylic acids is 7. The maximum Gasteiger partial charge on any atom is 0.411 e. The Morgan fingerprint density at radius 1 is 0.802 bits per heavy atom. The number of pyridine rings is 1. The van der Waals surface area contributed by atoms with Gasteiger partial charge in [-0.15, -0.1) is 0 Å². The first kappa shape index (κ1) is 60.4. The lowest BCUT2D eigenvalue weighted by Gasteiger charge is -2.36. The number of hydrogen-bond acceptors (Lipinski definition) is 14. The summed E-state index contributed by atoms with van der Waals surface area (Å²) in [5.41, 5.74) is 5.12. The van der Waals surface area contributed by atoms with E-state index < -0.39 is 53.8 Å². The summed E-state index contributed by atoms with van der Waals surface area (Å²) in [7, 11) is 1.49. The van der Waals surface area contributed by atoms with Gasteiger partial charge in [0, 0.05) is 37.8 Å². The van der Waals surface area contributed by atoms with Crippen LogP contribution in [-0.4, -0.2) is 137 Å². The Morgan fingerprint density at radius 3 is 2.23 bits per heavy atom. The summed E-state index contributed by atoms with van der Waals surface area (Å²) >= 11 is 1.35. The third kappa shape index (κ3) is 16.9. The Labute approximate surface area is 478 Å². The van der Waals surface area contributed by atoms with Crippen LogP contribution < -0.4 is 26.6 Å². The molecular formula is C60H81N9O11S. The molecule has 3 fully saturated rings. The predicted octanol–water partition coefficient (Wildman–Crippen LogP) is 8.90. The first-order valence-electron chi connectivity index (χ1n) is 28.9. The Morgan fingerprint density at radius 2 is 1.51 bits per heavy atom. The Balaban J connectivity index is 0.796. The quantitative estimate of drug-likeness (QED) is 0.0490. The molecule has 3 aliphatic carbocycles. The van der Waals surface area contributed by atoms with Gasteiger partial charge in [-0.05, 0) is 140 Å². The Bertz CT molecular complexity index is 2860. The van der Waals surface area contributed by atoms with E-state index in [0.29, 0.717) is 29.4 Å². The lowest BCUT2D eigenvalue weighted by Crippen LogP contribution is -2.59. The number of rotatable bonds is 21. The van der Waals surface area contributed by atoms with Crippen LogP contribution in [0.5, 0.6) is 0 Å². The summed E-state index contributed by atoms with van der Waals surface area (Å²) in [5, 5.41) is 15.5.